The summed E-state index contributed by atoms with van der Waals surface area (Å²) in [6, 6.07) is 11.8. The molecule has 0 atom stereocenters. The van der Waals surface area contributed by atoms with Gasteiger partial charge in [0.05, 0.1) is 18.3 Å². The van der Waals surface area contributed by atoms with Crippen molar-refractivity contribution in [2.75, 3.05) is 13.7 Å². The van der Waals surface area contributed by atoms with Crippen LogP contribution in [0.2, 0.25) is 5.15 Å². The fraction of sp³-hybridized carbons (Fsp3) is 0.217. The first kappa shape index (κ1) is 18.9. The number of halogens is 1. The van der Waals surface area contributed by atoms with Gasteiger partial charge in [0.25, 0.3) is 0 Å². The molecule has 0 spiro atoms. The van der Waals surface area contributed by atoms with Gasteiger partial charge in [0.15, 0.2) is 5.82 Å². The van der Waals surface area contributed by atoms with E-state index in [0.717, 1.165) is 70.9 Å². The predicted octanol–water partition coefficient (Wildman–Crippen LogP) is 4.31. The molecule has 3 aromatic heterocycles. The molecular weight excluding hydrogens is 398 g/mol. The quantitative estimate of drug-likeness (QED) is 0.461. The fourth-order valence-corrected chi connectivity index (χ4v) is 4.01. The molecule has 1 aliphatic heterocycles. The summed E-state index contributed by atoms with van der Waals surface area (Å²) in [7, 11) is 1.67. The second kappa shape index (κ2) is 7.97. The fourth-order valence-electron chi connectivity index (χ4n) is 3.80. The van der Waals surface area contributed by atoms with Gasteiger partial charge in [-0.05, 0) is 36.4 Å². The molecule has 0 amide bonds. The predicted molar refractivity (Wildman–Crippen MR) is 116 cm³/mol. The van der Waals surface area contributed by atoms with E-state index in [1.54, 1.807) is 19.5 Å². The Morgan fingerprint density at radius 2 is 1.97 bits per heavy atom. The molecule has 0 bridgehead atoms. The van der Waals surface area contributed by atoms with Gasteiger partial charge in [-0.3, -0.25) is 9.88 Å². The molecule has 0 aliphatic carbocycles. The minimum atomic E-state index is 0.544. The molecular formula is C23H20ClN5O. The van der Waals surface area contributed by atoms with E-state index in [0.29, 0.717) is 5.15 Å². The molecule has 0 N–H and O–H groups in total. The number of methoxy groups -OCH3 is 1. The number of fused-ring (bicyclic) bond motifs is 2. The maximum absolute atomic E-state index is 6.49. The molecule has 0 unspecified atom stereocenters. The number of nitrogens with zero attached hydrogens (tertiary/aromatic N) is 5. The van der Waals surface area contributed by atoms with Crippen molar-refractivity contribution in [1.82, 2.24) is 24.8 Å². The maximum atomic E-state index is 6.49. The molecule has 1 aliphatic rings. The summed E-state index contributed by atoms with van der Waals surface area (Å²) in [6.07, 6.45) is 6.34. The molecule has 0 saturated carbocycles. The lowest BCUT2D eigenvalue weighted by atomic mass is 10.1. The first-order valence-electron chi connectivity index (χ1n) is 9.80. The lowest BCUT2D eigenvalue weighted by molar-refractivity contribution is 0.243. The largest absolute Gasteiger partial charge is 0.497 e. The molecule has 5 rings (SSSR count). The molecule has 150 valence electrons. The molecule has 6 nitrogen and oxygen atoms in total. The van der Waals surface area contributed by atoms with Crippen LogP contribution >= 0.6 is 11.6 Å². The lowest BCUT2D eigenvalue weighted by Crippen LogP contribution is -2.31. The van der Waals surface area contributed by atoms with E-state index in [2.05, 4.69) is 25.9 Å². The topological polar surface area (TPSA) is 64.0 Å². The van der Waals surface area contributed by atoms with Crippen molar-refractivity contribution in [2.24, 2.45) is 0 Å². The highest BCUT2D eigenvalue weighted by atomic mass is 35.5. The van der Waals surface area contributed by atoms with Crippen molar-refractivity contribution in [2.45, 2.75) is 19.5 Å². The van der Waals surface area contributed by atoms with Gasteiger partial charge in [0.2, 0.25) is 0 Å². The van der Waals surface area contributed by atoms with Gasteiger partial charge in [-0.2, -0.15) is 0 Å². The van der Waals surface area contributed by atoms with Crippen molar-refractivity contribution in [3.8, 4) is 17.1 Å². The highest BCUT2D eigenvalue weighted by molar-refractivity contribution is 6.30. The van der Waals surface area contributed by atoms with E-state index in [1.807, 2.05) is 36.5 Å². The second-order valence-electron chi connectivity index (χ2n) is 7.36. The third kappa shape index (κ3) is 3.72. The van der Waals surface area contributed by atoms with Gasteiger partial charge in [-0.15, -0.1) is 0 Å². The van der Waals surface area contributed by atoms with E-state index >= 15 is 0 Å². The van der Waals surface area contributed by atoms with Gasteiger partial charge >= 0.3 is 0 Å². The van der Waals surface area contributed by atoms with Crippen LogP contribution in [-0.2, 0) is 19.5 Å². The van der Waals surface area contributed by atoms with Crippen LogP contribution in [0.5, 0.6) is 5.75 Å². The summed E-state index contributed by atoms with van der Waals surface area (Å²) in [5, 5.41) is 1.57. The number of benzene rings is 1. The third-order valence-corrected chi connectivity index (χ3v) is 5.72. The third-order valence-electron chi connectivity index (χ3n) is 5.39. The summed E-state index contributed by atoms with van der Waals surface area (Å²) in [5.41, 5.74) is 5.13. The van der Waals surface area contributed by atoms with Crippen LogP contribution in [0, 0.1) is 0 Å². The SMILES string of the molecule is COc1ccc2nc(Cl)c(CN3CCc4nc(-c5ccncc5)ncc4C3)cc2c1. The molecule has 0 saturated heterocycles. The standard InChI is InChI=1S/C23H20ClN5O/c1-30-19-2-3-20-16(11-19)10-17(22(24)27-20)13-29-9-6-21-18(14-29)12-26-23(28-21)15-4-7-25-8-5-15/h2-5,7-8,10-12H,6,9,13-14H2,1H3. The van der Waals surface area contributed by atoms with Gasteiger partial charge in [-0.1, -0.05) is 11.6 Å². The summed E-state index contributed by atoms with van der Waals surface area (Å²) < 4.78 is 5.33. The molecule has 4 aromatic rings. The number of rotatable bonds is 4. The van der Waals surface area contributed by atoms with Gasteiger partial charge in [-0.25, -0.2) is 15.0 Å². The molecule has 0 radical (unpaired) electrons. The minimum Gasteiger partial charge on any atom is -0.497 e. The molecule has 4 heterocycles. The van der Waals surface area contributed by atoms with E-state index in [4.69, 9.17) is 21.3 Å². The minimum absolute atomic E-state index is 0.544. The van der Waals surface area contributed by atoms with Gasteiger partial charge in [0.1, 0.15) is 10.9 Å². The van der Waals surface area contributed by atoms with Gasteiger partial charge in [0, 0.05) is 66.7 Å². The highest BCUT2D eigenvalue weighted by Crippen LogP contribution is 2.27. The lowest BCUT2D eigenvalue weighted by Gasteiger charge is -2.28. The number of pyridine rings is 2. The average Bonchev–Trinajstić information content (AvgIpc) is 2.79. The molecule has 0 fully saturated rings. The Balaban J connectivity index is 1.37. The maximum Gasteiger partial charge on any atom is 0.159 e. The average molecular weight is 418 g/mol. The van der Waals surface area contributed by atoms with E-state index in [9.17, 15) is 0 Å². The summed E-state index contributed by atoms with van der Waals surface area (Å²) >= 11 is 6.49. The Labute approximate surface area is 179 Å². The summed E-state index contributed by atoms with van der Waals surface area (Å²) in [4.78, 5) is 20.3. The van der Waals surface area contributed by atoms with Crippen LogP contribution in [0.25, 0.3) is 22.3 Å². The van der Waals surface area contributed by atoms with Gasteiger partial charge < -0.3 is 4.74 Å². The number of hydrogen-bond acceptors (Lipinski definition) is 6. The van der Waals surface area contributed by atoms with E-state index in [1.165, 1.54) is 0 Å². The Kier molecular flexibility index (Phi) is 5.02. The molecule has 1 aromatic carbocycles. The Morgan fingerprint density at radius 1 is 1.10 bits per heavy atom. The zero-order valence-electron chi connectivity index (χ0n) is 16.5. The number of hydrogen-bond donors (Lipinski definition) is 0. The van der Waals surface area contributed by atoms with Crippen molar-refractivity contribution >= 4 is 22.5 Å². The van der Waals surface area contributed by atoms with Crippen LogP contribution in [0.1, 0.15) is 16.8 Å². The first-order valence-corrected chi connectivity index (χ1v) is 10.2. The summed E-state index contributed by atoms with van der Waals surface area (Å²) in [5.74, 6) is 1.56. The Hall–Kier alpha value is -3.09. The van der Waals surface area contributed by atoms with E-state index in [-0.39, 0.29) is 0 Å². The van der Waals surface area contributed by atoms with Crippen LogP contribution < -0.4 is 4.74 Å². The zero-order valence-corrected chi connectivity index (χ0v) is 17.3. The van der Waals surface area contributed by atoms with Crippen molar-refractivity contribution in [3.63, 3.8) is 0 Å². The van der Waals surface area contributed by atoms with Crippen LogP contribution in [-0.4, -0.2) is 38.5 Å². The van der Waals surface area contributed by atoms with Crippen molar-refractivity contribution in [1.29, 1.82) is 0 Å². The molecule has 7 heteroatoms. The smallest absolute Gasteiger partial charge is 0.159 e. The van der Waals surface area contributed by atoms with Crippen LogP contribution in [0.15, 0.2) is 55.0 Å². The normalized spacial score (nSPS) is 13.9. The Morgan fingerprint density at radius 3 is 2.80 bits per heavy atom. The summed E-state index contributed by atoms with van der Waals surface area (Å²) in [6.45, 7) is 2.43. The second-order valence-corrected chi connectivity index (χ2v) is 7.72. The van der Waals surface area contributed by atoms with Crippen LogP contribution in [0.3, 0.4) is 0 Å². The Bertz CT molecular complexity index is 1220. The monoisotopic (exact) mass is 417 g/mol. The van der Waals surface area contributed by atoms with Crippen LogP contribution in [0.4, 0.5) is 0 Å². The first-order chi connectivity index (χ1) is 14.7. The number of aromatic nitrogens is 4. The van der Waals surface area contributed by atoms with Crippen molar-refractivity contribution < 1.29 is 4.74 Å². The van der Waals surface area contributed by atoms with Crippen molar-refractivity contribution in [3.05, 3.63) is 77.0 Å². The van der Waals surface area contributed by atoms with E-state index < -0.39 is 0 Å². The molecule has 30 heavy (non-hydrogen) atoms. The zero-order chi connectivity index (χ0) is 20.5. The number of ether oxygens (including phenoxy) is 1. The highest BCUT2D eigenvalue weighted by Gasteiger charge is 2.20.